The quantitative estimate of drug-likeness (QED) is 0.327. The van der Waals surface area contributed by atoms with Gasteiger partial charge in [0.1, 0.15) is 29.6 Å². The van der Waals surface area contributed by atoms with Crippen LogP contribution in [-0.4, -0.2) is 39.7 Å². The second-order valence-corrected chi connectivity index (χ2v) is 9.97. The molecule has 1 aliphatic rings. The van der Waals surface area contributed by atoms with E-state index < -0.39 is 30.1 Å². The summed E-state index contributed by atoms with van der Waals surface area (Å²) in [7, 11) is 0. The maximum absolute atomic E-state index is 12.9. The van der Waals surface area contributed by atoms with Gasteiger partial charge in [-0.15, -0.1) is 0 Å². The monoisotopic (exact) mass is 523 g/mol. The zero-order valence-corrected chi connectivity index (χ0v) is 21.0. The van der Waals surface area contributed by atoms with Crippen LogP contribution in [0.3, 0.4) is 0 Å². The fourth-order valence-corrected chi connectivity index (χ4v) is 4.95. The third-order valence-corrected chi connectivity index (χ3v) is 7.09. The molecule has 0 radical (unpaired) electrons. The van der Waals surface area contributed by atoms with Crippen LogP contribution in [0.4, 0.5) is 13.2 Å². The van der Waals surface area contributed by atoms with Crippen LogP contribution >= 0.6 is 0 Å². The van der Waals surface area contributed by atoms with Crippen molar-refractivity contribution >= 4 is 16.9 Å². The summed E-state index contributed by atoms with van der Waals surface area (Å²) in [5.74, 6) is -0.798. The number of rotatable bonds is 7. The van der Waals surface area contributed by atoms with Crippen LogP contribution in [-0.2, 0) is 23.2 Å². The second kappa shape index (κ2) is 9.75. The number of carbonyl (C=O) groups excluding carboxylic acids is 1. The van der Waals surface area contributed by atoms with Gasteiger partial charge in [-0.25, -0.2) is 4.98 Å². The van der Waals surface area contributed by atoms with Gasteiger partial charge in [0.2, 0.25) is 5.91 Å². The molecule has 3 aromatic heterocycles. The Morgan fingerprint density at radius 1 is 1.16 bits per heavy atom. The first-order chi connectivity index (χ1) is 18.0. The second-order valence-electron chi connectivity index (χ2n) is 9.97. The number of aromatic nitrogens is 3. The predicted molar refractivity (Wildman–Crippen MR) is 137 cm³/mol. The van der Waals surface area contributed by atoms with E-state index in [9.17, 15) is 18.0 Å². The van der Waals surface area contributed by atoms with Crippen molar-refractivity contribution in [1.82, 2.24) is 20.3 Å². The third-order valence-electron chi connectivity index (χ3n) is 7.09. The Kier molecular flexibility index (Phi) is 6.60. The average Bonchev–Trinajstić information content (AvgIpc) is 3.49. The molecule has 7 nitrogen and oxygen atoms in total. The van der Waals surface area contributed by atoms with Gasteiger partial charge in [-0.3, -0.25) is 9.78 Å². The zero-order valence-electron chi connectivity index (χ0n) is 21.0. The summed E-state index contributed by atoms with van der Waals surface area (Å²) in [5, 5.41) is 2.71. The van der Waals surface area contributed by atoms with E-state index in [0.29, 0.717) is 22.5 Å². The lowest BCUT2D eigenvalue weighted by molar-refractivity contribution is -0.143. The molecular weight excluding hydrogens is 495 g/mol. The molecule has 0 saturated heterocycles. The first kappa shape index (κ1) is 25.7. The molecule has 38 heavy (non-hydrogen) atoms. The number of pyridine rings is 2. The summed E-state index contributed by atoms with van der Waals surface area (Å²) in [6.45, 7) is 1.90. The van der Waals surface area contributed by atoms with Gasteiger partial charge in [-0.2, -0.15) is 13.2 Å². The third kappa shape index (κ3) is 4.96. The number of hydrogen-bond acceptors (Lipinski definition) is 5. The maximum Gasteiger partial charge on any atom is 0.405 e. The number of amides is 1. The number of aromatic amines is 1. The molecule has 0 bridgehead atoms. The van der Waals surface area contributed by atoms with Crippen molar-refractivity contribution < 1.29 is 22.7 Å². The number of halogens is 3. The van der Waals surface area contributed by atoms with Crippen molar-refractivity contribution in [2.75, 3.05) is 6.54 Å². The van der Waals surface area contributed by atoms with Crippen LogP contribution in [0.1, 0.15) is 30.5 Å². The fourth-order valence-electron chi connectivity index (χ4n) is 4.95. The smallest absolute Gasteiger partial charge is 0.405 e. The van der Waals surface area contributed by atoms with E-state index in [0.717, 1.165) is 23.8 Å². The van der Waals surface area contributed by atoms with Gasteiger partial charge in [0.15, 0.2) is 0 Å². The average molecular weight is 524 g/mol. The number of carbonyl (C=O) groups is 1. The topological polar surface area (TPSA) is 106 Å². The number of alkyl halides is 3. The Balaban J connectivity index is 1.43. The van der Waals surface area contributed by atoms with Crippen LogP contribution in [0.5, 0.6) is 5.75 Å². The summed E-state index contributed by atoms with van der Waals surface area (Å²) in [6.07, 6.45) is 3.58. The molecular formula is C28H28F3N5O2. The highest BCUT2D eigenvalue weighted by Crippen LogP contribution is 2.34. The van der Waals surface area contributed by atoms with Crippen LogP contribution in [0.15, 0.2) is 61.2 Å². The van der Waals surface area contributed by atoms with Gasteiger partial charge in [0.05, 0.1) is 6.20 Å². The highest BCUT2D eigenvalue weighted by Gasteiger charge is 2.41. The van der Waals surface area contributed by atoms with Crippen LogP contribution < -0.4 is 15.8 Å². The van der Waals surface area contributed by atoms with Crippen molar-refractivity contribution in [1.29, 1.82) is 0 Å². The number of H-pyrrole nitrogens is 1. The van der Waals surface area contributed by atoms with Gasteiger partial charge >= 0.3 is 6.18 Å². The molecule has 4 N–H and O–H groups in total. The largest absolute Gasteiger partial charge is 0.488 e. The maximum atomic E-state index is 12.9. The Morgan fingerprint density at radius 3 is 2.53 bits per heavy atom. The summed E-state index contributed by atoms with van der Waals surface area (Å²) >= 11 is 0. The summed E-state index contributed by atoms with van der Waals surface area (Å²) < 4.78 is 44.5. The molecule has 198 valence electrons. The highest BCUT2D eigenvalue weighted by atomic mass is 19.4. The zero-order chi connectivity index (χ0) is 27.1. The van der Waals surface area contributed by atoms with Crippen LogP contribution in [0.2, 0.25) is 0 Å². The molecule has 1 aliphatic carbocycles. The van der Waals surface area contributed by atoms with Crippen molar-refractivity contribution in [3.05, 3.63) is 77.9 Å². The predicted octanol–water partition coefficient (Wildman–Crippen LogP) is 4.66. The molecule has 3 heterocycles. The molecule has 5 rings (SSSR count). The van der Waals surface area contributed by atoms with Gasteiger partial charge in [0, 0.05) is 53.5 Å². The van der Waals surface area contributed by atoms with E-state index in [-0.39, 0.29) is 6.10 Å². The van der Waals surface area contributed by atoms with Crippen molar-refractivity contribution in [3.8, 4) is 16.9 Å². The molecule has 0 unspecified atom stereocenters. The molecule has 1 aromatic carbocycles. The Bertz CT molecular complexity index is 1460. The first-order valence-corrected chi connectivity index (χ1v) is 12.3. The Labute approximate surface area is 217 Å². The number of nitrogens with one attached hydrogen (secondary N) is 2. The van der Waals surface area contributed by atoms with E-state index in [1.807, 2.05) is 23.5 Å². The number of ether oxygens (including phenoxy) is 1. The Morgan fingerprint density at radius 2 is 1.87 bits per heavy atom. The van der Waals surface area contributed by atoms with Crippen molar-refractivity contribution in [3.63, 3.8) is 0 Å². The molecule has 0 fully saturated rings. The van der Waals surface area contributed by atoms with E-state index in [1.165, 1.54) is 17.3 Å². The normalized spacial score (nSPS) is 15.4. The minimum absolute atomic E-state index is 0.0122. The Hall–Kier alpha value is -3.92. The molecule has 0 aliphatic heterocycles. The number of nitrogens with zero attached hydrogens (tertiary/aromatic N) is 2. The van der Waals surface area contributed by atoms with Crippen LogP contribution in [0, 0.1) is 5.92 Å². The first-order valence-electron chi connectivity index (χ1n) is 12.3. The molecule has 1 amide bonds. The van der Waals surface area contributed by atoms with Gasteiger partial charge < -0.3 is 20.8 Å². The lowest BCUT2D eigenvalue weighted by Gasteiger charge is -2.32. The number of benzene rings is 1. The SMILES string of the molecule is CC(C)[C@](N)(C(=O)NCC(F)(F)F)c1cncc(-c2c[nH]c3ncc(OC4Cc5ccccc5C4)cc23)c1. The number of hydrogen-bond donors (Lipinski definition) is 3. The number of nitrogens with two attached hydrogens (primary N) is 1. The van der Waals surface area contributed by atoms with Gasteiger partial charge in [-0.05, 0) is 29.2 Å². The molecule has 4 aromatic rings. The van der Waals surface area contributed by atoms with E-state index >= 15 is 0 Å². The lowest BCUT2D eigenvalue weighted by Crippen LogP contribution is -2.56. The molecule has 10 heteroatoms. The van der Waals surface area contributed by atoms with Gasteiger partial charge in [-0.1, -0.05) is 38.1 Å². The molecule has 1 atom stereocenters. The molecule has 0 spiro atoms. The van der Waals surface area contributed by atoms with E-state index in [4.69, 9.17) is 10.5 Å². The fraction of sp³-hybridized carbons (Fsp3) is 0.321. The van der Waals surface area contributed by atoms with Crippen molar-refractivity contribution in [2.24, 2.45) is 11.7 Å². The van der Waals surface area contributed by atoms with Gasteiger partial charge in [0.25, 0.3) is 0 Å². The lowest BCUT2D eigenvalue weighted by atomic mass is 9.80. The summed E-state index contributed by atoms with van der Waals surface area (Å²) in [4.78, 5) is 24.8. The highest BCUT2D eigenvalue weighted by molar-refractivity contribution is 5.95. The van der Waals surface area contributed by atoms with Crippen molar-refractivity contribution in [2.45, 2.75) is 44.5 Å². The van der Waals surface area contributed by atoms with Crippen LogP contribution in [0.25, 0.3) is 22.2 Å². The number of fused-ring (bicyclic) bond motifs is 2. The van der Waals surface area contributed by atoms with E-state index in [1.54, 1.807) is 38.5 Å². The minimum Gasteiger partial charge on any atom is -0.488 e. The standard InChI is InChI=1S/C28H28F3N5O2/c1-16(2)28(32,26(37)36-15-27(29,30)31)20-7-19(11-33-12-20)24-14-35-25-23(24)10-22(13-34-25)38-21-8-17-5-3-4-6-18(17)9-21/h3-7,10-14,16,21H,8-9,15,32H2,1-2H3,(H,34,35)(H,36,37)/t28-/m1/s1. The minimum atomic E-state index is -4.55. The summed E-state index contributed by atoms with van der Waals surface area (Å²) in [6, 6.07) is 11.9. The molecule has 0 saturated carbocycles. The van der Waals surface area contributed by atoms with E-state index in [2.05, 4.69) is 27.1 Å². The summed E-state index contributed by atoms with van der Waals surface area (Å²) in [5.41, 5.74) is 9.65.